The van der Waals surface area contributed by atoms with E-state index in [1.165, 1.54) is 0 Å². The van der Waals surface area contributed by atoms with Crippen LogP contribution >= 0.6 is 0 Å². The second-order valence-electron chi connectivity index (χ2n) is 6.00. The molecule has 1 aromatic heterocycles. The van der Waals surface area contributed by atoms with Gasteiger partial charge in [-0.3, -0.25) is 14.3 Å². The molecule has 0 aliphatic carbocycles. The molecule has 2 atom stereocenters. The SMILES string of the molecule is CCNC1Cc2cn(nn2)CCCCC(C(=O)CC)NCC1=O. The number of rotatable bonds is 4. The molecule has 0 amide bonds. The highest BCUT2D eigenvalue weighted by atomic mass is 16.1. The lowest BCUT2D eigenvalue weighted by atomic mass is 10.0. The fourth-order valence-electron chi connectivity index (χ4n) is 2.89. The van der Waals surface area contributed by atoms with Gasteiger partial charge in [0.1, 0.15) is 5.78 Å². The van der Waals surface area contributed by atoms with Crippen LogP contribution in [0.2, 0.25) is 0 Å². The Hall–Kier alpha value is -1.60. The van der Waals surface area contributed by atoms with Gasteiger partial charge in [0.2, 0.25) is 0 Å². The fourth-order valence-corrected chi connectivity index (χ4v) is 2.89. The second kappa shape index (κ2) is 8.88. The van der Waals surface area contributed by atoms with Gasteiger partial charge in [-0.05, 0) is 25.8 Å². The summed E-state index contributed by atoms with van der Waals surface area (Å²) < 4.78 is 1.82. The molecular weight excluding hydrogens is 294 g/mol. The quantitative estimate of drug-likeness (QED) is 0.839. The number of ketones is 2. The van der Waals surface area contributed by atoms with Gasteiger partial charge in [-0.2, -0.15) is 0 Å². The van der Waals surface area contributed by atoms with Crippen molar-refractivity contribution in [2.45, 2.75) is 64.6 Å². The van der Waals surface area contributed by atoms with E-state index < -0.39 is 0 Å². The summed E-state index contributed by atoms with van der Waals surface area (Å²) in [4.78, 5) is 24.5. The molecule has 2 unspecified atom stereocenters. The minimum Gasteiger partial charge on any atom is -0.307 e. The molecule has 0 fully saturated rings. The van der Waals surface area contributed by atoms with E-state index in [-0.39, 0.29) is 30.2 Å². The number of nitrogens with one attached hydrogen (secondary N) is 2. The zero-order chi connectivity index (χ0) is 16.7. The summed E-state index contributed by atoms with van der Waals surface area (Å²) >= 11 is 0. The third-order valence-corrected chi connectivity index (χ3v) is 4.23. The Bertz CT molecular complexity index is 528. The van der Waals surface area contributed by atoms with Crippen LogP contribution in [0.15, 0.2) is 6.20 Å². The predicted molar refractivity (Wildman–Crippen MR) is 87.1 cm³/mol. The topological polar surface area (TPSA) is 88.9 Å². The van der Waals surface area contributed by atoms with E-state index in [1.807, 2.05) is 24.7 Å². The molecule has 2 N–H and O–H groups in total. The molecule has 0 radical (unpaired) electrons. The Labute approximate surface area is 137 Å². The molecule has 0 spiro atoms. The van der Waals surface area contributed by atoms with E-state index in [0.29, 0.717) is 19.4 Å². The maximum atomic E-state index is 12.5. The van der Waals surface area contributed by atoms with Gasteiger partial charge in [-0.1, -0.05) is 19.1 Å². The number of carbonyl (C=O) groups excluding carboxylic acids is 2. The number of nitrogens with zero attached hydrogens (tertiary/aromatic N) is 3. The lowest BCUT2D eigenvalue weighted by Crippen LogP contribution is -2.47. The lowest BCUT2D eigenvalue weighted by Gasteiger charge is -2.20. The van der Waals surface area contributed by atoms with Crippen molar-refractivity contribution in [1.29, 1.82) is 0 Å². The monoisotopic (exact) mass is 321 g/mol. The summed E-state index contributed by atoms with van der Waals surface area (Å²) in [6, 6.07) is -0.520. The van der Waals surface area contributed by atoms with Gasteiger partial charge in [-0.15, -0.1) is 5.10 Å². The van der Waals surface area contributed by atoms with Crippen LogP contribution in [0.3, 0.4) is 0 Å². The van der Waals surface area contributed by atoms with E-state index >= 15 is 0 Å². The highest BCUT2D eigenvalue weighted by Gasteiger charge is 2.23. The van der Waals surface area contributed by atoms with Gasteiger partial charge < -0.3 is 10.6 Å². The smallest absolute Gasteiger partial charge is 0.163 e. The van der Waals surface area contributed by atoms with Crippen LogP contribution in [-0.2, 0) is 22.6 Å². The molecule has 2 bridgehead atoms. The summed E-state index contributed by atoms with van der Waals surface area (Å²) in [6.07, 6.45) is 5.56. The summed E-state index contributed by atoms with van der Waals surface area (Å²) in [5.41, 5.74) is 0.824. The number of aromatic nitrogens is 3. The second-order valence-corrected chi connectivity index (χ2v) is 6.00. The van der Waals surface area contributed by atoms with Crippen LogP contribution < -0.4 is 10.6 Å². The Morgan fingerprint density at radius 3 is 3.00 bits per heavy atom. The summed E-state index contributed by atoms with van der Waals surface area (Å²) in [7, 11) is 0. The molecule has 1 aliphatic heterocycles. The third kappa shape index (κ3) is 5.21. The Balaban J connectivity index is 2.12. The van der Waals surface area contributed by atoms with E-state index in [1.54, 1.807) is 0 Å². The molecule has 2 heterocycles. The highest BCUT2D eigenvalue weighted by Crippen LogP contribution is 2.08. The minimum absolute atomic E-state index is 0.0644. The average Bonchev–Trinajstić information content (AvgIpc) is 3.00. The summed E-state index contributed by atoms with van der Waals surface area (Å²) in [5.74, 6) is 0.240. The number of hydrogen-bond donors (Lipinski definition) is 2. The average molecular weight is 321 g/mol. The maximum absolute atomic E-state index is 12.5. The number of fused-ring (bicyclic) bond motifs is 2. The lowest BCUT2D eigenvalue weighted by molar-refractivity contribution is -0.122. The molecule has 1 aromatic rings. The first kappa shape index (κ1) is 17.7. The van der Waals surface area contributed by atoms with Gasteiger partial charge in [0.25, 0.3) is 0 Å². The number of Topliss-reactive ketones (excluding diaryl/α,β-unsaturated/α-hetero) is 2. The molecule has 1 aliphatic rings. The van der Waals surface area contributed by atoms with Gasteiger partial charge >= 0.3 is 0 Å². The first-order valence-electron chi connectivity index (χ1n) is 8.55. The van der Waals surface area contributed by atoms with E-state index in [4.69, 9.17) is 0 Å². The van der Waals surface area contributed by atoms with Gasteiger partial charge in [0.15, 0.2) is 5.78 Å². The van der Waals surface area contributed by atoms with Crippen molar-refractivity contribution in [3.63, 3.8) is 0 Å². The van der Waals surface area contributed by atoms with Crippen LogP contribution in [0.4, 0.5) is 0 Å². The van der Waals surface area contributed by atoms with Crippen molar-refractivity contribution in [2.75, 3.05) is 13.1 Å². The van der Waals surface area contributed by atoms with Crippen molar-refractivity contribution >= 4 is 11.6 Å². The highest BCUT2D eigenvalue weighted by molar-refractivity contribution is 5.88. The Morgan fingerprint density at radius 1 is 1.43 bits per heavy atom. The maximum Gasteiger partial charge on any atom is 0.163 e. The Morgan fingerprint density at radius 2 is 2.26 bits per heavy atom. The molecule has 23 heavy (non-hydrogen) atoms. The van der Waals surface area contributed by atoms with Crippen molar-refractivity contribution in [3.05, 3.63) is 11.9 Å². The summed E-state index contributed by atoms with van der Waals surface area (Å²) in [5, 5.41) is 14.6. The van der Waals surface area contributed by atoms with E-state index in [2.05, 4.69) is 20.9 Å². The number of carbonyl (C=O) groups is 2. The standard InChI is InChI=1S/C16H27N5O2/c1-3-15(22)13-7-5-6-8-21-11-12(19-20-21)9-14(17-4-2)16(23)10-18-13/h11,13-14,17-18H,3-10H2,1-2H3. The Kier molecular flexibility index (Phi) is 6.85. The van der Waals surface area contributed by atoms with Crippen molar-refractivity contribution in [2.24, 2.45) is 0 Å². The van der Waals surface area contributed by atoms with Gasteiger partial charge in [-0.25, -0.2) is 0 Å². The van der Waals surface area contributed by atoms with Crippen LogP contribution in [-0.4, -0.2) is 51.7 Å². The third-order valence-electron chi connectivity index (χ3n) is 4.23. The normalized spacial score (nSPS) is 23.7. The van der Waals surface area contributed by atoms with Crippen molar-refractivity contribution in [1.82, 2.24) is 25.6 Å². The van der Waals surface area contributed by atoms with E-state index in [9.17, 15) is 9.59 Å². The van der Waals surface area contributed by atoms with Crippen LogP contribution in [0.25, 0.3) is 0 Å². The molecule has 7 heteroatoms. The molecule has 0 saturated carbocycles. The molecule has 128 valence electrons. The summed E-state index contributed by atoms with van der Waals surface area (Å²) in [6.45, 7) is 5.55. The van der Waals surface area contributed by atoms with Crippen molar-refractivity contribution < 1.29 is 9.59 Å². The van der Waals surface area contributed by atoms with Gasteiger partial charge in [0.05, 0.1) is 24.3 Å². The number of likely N-dealkylation sites (N-methyl/N-ethyl adjacent to an activating group) is 1. The molecule has 0 aromatic carbocycles. The molecule has 7 nitrogen and oxygen atoms in total. The number of hydrogen-bond acceptors (Lipinski definition) is 6. The van der Waals surface area contributed by atoms with Crippen LogP contribution in [0, 0.1) is 0 Å². The van der Waals surface area contributed by atoms with Crippen LogP contribution in [0.1, 0.15) is 45.2 Å². The minimum atomic E-state index is -0.296. The first-order chi connectivity index (χ1) is 11.1. The zero-order valence-electron chi connectivity index (χ0n) is 14.0. The first-order valence-corrected chi connectivity index (χ1v) is 8.55. The molecule has 2 rings (SSSR count). The largest absolute Gasteiger partial charge is 0.307 e. The van der Waals surface area contributed by atoms with Crippen LogP contribution in [0.5, 0.6) is 0 Å². The van der Waals surface area contributed by atoms with Gasteiger partial charge in [0, 0.05) is 25.6 Å². The number of aryl methyl sites for hydroxylation is 1. The molecule has 0 saturated heterocycles. The zero-order valence-corrected chi connectivity index (χ0v) is 14.0. The van der Waals surface area contributed by atoms with Crippen molar-refractivity contribution in [3.8, 4) is 0 Å². The molecular formula is C16H27N5O2. The predicted octanol–water partition coefficient (Wildman–Crippen LogP) is 0.489. The van der Waals surface area contributed by atoms with E-state index in [0.717, 1.165) is 31.5 Å². The fraction of sp³-hybridized carbons (Fsp3) is 0.750.